The van der Waals surface area contributed by atoms with Gasteiger partial charge in [-0.1, -0.05) is 30.6 Å². The van der Waals surface area contributed by atoms with Gasteiger partial charge in [0, 0.05) is 10.6 Å². The minimum absolute atomic E-state index is 0. The Labute approximate surface area is 162 Å². The SMILES string of the molecule is CC(C)[C@H](N)C(=O)NCC(=O)NCc1nc(-c2ccc(Cl)cc2)no1.Cl. The molecule has 0 unspecified atom stereocenters. The van der Waals surface area contributed by atoms with Crippen LogP contribution in [0.15, 0.2) is 28.8 Å². The first kappa shape index (κ1) is 21.9. The van der Waals surface area contributed by atoms with Gasteiger partial charge in [0.1, 0.15) is 0 Å². The quantitative estimate of drug-likeness (QED) is 0.646. The average molecular weight is 402 g/mol. The average Bonchev–Trinajstić information content (AvgIpc) is 3.06. The van der Waals surface area contributed by atoms with E-state index >= 15 is 0 Å². The fourth-order valence-electron chi connectivity index (χ4n) is 1.87. The maximum absolute atomic E-state index is 11.8. The summed E-state index contributed by atoms with van der Waals surface area (Å²) in [5, 5.41) is 9.52. The van der Waals surface area contributed by atoms with E-state index in [2.05, 4.69) is 20.8 Å². The third kappa shape index (κ3) is 6.29. The molecule has 2 rings (SSSR count). The zero-order valence-electron chi connectivity index (χ0n) is 14.4. The minimum atomic E-state index is -0.648. The molecule has 1 aromatic carbocycles. The second kappa shape index (κ2) is 10.1. The first-order valence-corrected chi connectivity index (χ1v) is 8.13. The van der Waals surface area contributed by atoms with E-state index in [0.717, 1.165) is 5.56 Å². The Morgan fingerprint density at radius 1 is 1.23 bits per heavy atom. The lowest BCUT2D eigenvalue weighted by molar-refractivity contribution is -0.127. The Kier molecular flexibility index (Phi) is 8.50. The highest BCUT2D eigenvalue weighted by Gasteiger charge is 2.17. The summed E-state index contributed by atoms with van der Waals surface area (Å²) in [5.74, 6) is -0.100. The van der Waals surface area contributed by atoms with Crippen LogP contribution in [0.5, 0.6) is 0 Å². The van der Waals surface area contributed by atoms with Crippen LogP contribution in [0.25, 0.3) is 11.4 Å². The first-order valence-electron chi connectivity index (χ1n) is 7.75. The molecule has 0 aliphatic heterocycles. The first-order chi connectivity index (χ1) is 11.9. The zero-order chi connectivity index (χ0) is 18.4. The second-order valence-electron chi connectivity index (χ2n) is 5.78. The number of nitrogens with zero attached hydrogens (tertiary/aromatic N) is 2. The van der Waals surface area contributed by atoms with E-state index in [9.17, 15) is 9.59 Å². The summed E-state index contributed by atoms with van der Waals surface area (Å²) in [6.07, 6.45) is 0. The van der Waals surface area contributed by atoms with Gasteiger partial charge in [-0.3, -0.25) is 9.59 Å². The molecule has 8 nitrogen and oxygen atoms in total. The van der Waals surface area contributed by atoms with Crippen LogP contribution in [0.2, 0.25) is 5.02 Å². The fraction of sp³-hybridized carbons (Fsp3) is 0.375. The molecule has 0 spiro atoms. The van der Waals surface area contributed by atoms with Crippen molar-refractivity contribution in [2.75, 3.05) is 6.54 Å². The van der Waals surface area contributed by atoms with E-state index in [-0.39, 0.29) is 49.1 Å². The molecule has 0 saturated heterocycles. The smallest absolute Gasteiger partial charge is 0.246 e. The van der Waals surface area contributed by atoms with Crippen LogP contribution in [-0.2, 0) is 16.1 Å². The number of nitrogens with one attached hydrogen (secondary N) is 2. The van der Waals surface area contributed by atoms with Crippen molar-refractivity contribution in [1.29, 1.82) is 0 Å². The van der Waals surface area contributed by atoms with Gasteiger partial charge in [0.25, 0.3) is 0 Å². The third-order valence-electron chi connectivity index (χ3n) is 3.45. The lowest BCUT2D eigenvalue weighted by Crippen LogP contribution is -2.47. The molecular weight excluding hydrogens is 381 g/mol. The Bertz CT molecular complexity index is 734. The molecule has 2 amide bonds. The van der Waals surface area contributed by atoms with Crippen LogP contribution in [0.3, 0.4) is 0 Å². The van der Waals surface area contributed by atoms with Gasteiger partial charge in [0.15, 0.2) is 0 Å². The lowest BCUT2D eigenvalue weighted by Gasteiger charge is -2.14. The molecule has 142 valence electrons. The molecular formula is C16H21Cl2N5O3. The Morgan fingerprint density at radius 3 is 2.50 bits per heavy atom. The highest BCUT2D eigenvalue weighted by atomic mass is 35.5. The number of hydrogen-bond acceptors (Lipinski definition) is 6. The van der Waals surface area contributed by atoms with Crippen LogP contribution in [0.1, 0.15) is 19.7 Å². The van der Waals surface area contributed by atoms with Crippen molar-refractivity contribution in [2.24, 2.45) is 11.7 Å². The molecule has 10 heteroatoms. The van der Waals surface area contributed by atoms with Crippen LogP contribution in [0, 0.1) is 5.92 Å². The van der Waals surface area contributed by atoms with Gasteiger partial charge in [-0.2, -0.15) is 4.98 Å². The van der Waals surface area contributed by atoms with Crippen molar-refractivity contribution in [3.05, 3.63) is 35.2 Å². The largest absolute Gasteiger partial charge is 0.346 e. The summed E-state index contributed by atoms with van der Waals surface area (Å²) in [5.41, 5.74) is 6.44. The maximum Gasteiger partial charge on any atom is 0.246 e. The van der Waals surface area contributed by atoms with Gasteiger partial charge in [0.05, 0.1) is 19.1 Å². The van der Waals surface area contributed by atoms with Crippen LogP contribution in [-0.4, -0.2) is 34.5 Å². The molecule has 26 heavy (non-hydrogen) atoms. The fourth-order valence-corrected chi connectivity index (χ4v) is 1.99. The number of aromatic nitrogens is 2. The van der Waals surface area contributed by atoms with Crippen LogP contribution in [0.4, 0.5) is 0 Å². The minimum Gasteiger partial charge on any atom is -0.346 e. The summed E-state index contributed by atoms with van der Waals surface area (Å²) in [4.78, 5) is 27.6. The summed E-state index contributed by atoms with van der Waals surface area (Å²) in [6.45, 7) is 3.55. The molecule has 0 fully saturated rings. The van der Waals surface area contributed by atoms with Crippen molar-refractivity contribution < 1.29 is 14.1 Å². The van der Waals surface area contributed by atoms with Crippen LogP contribution < -0.4 is 16.4 Å². The highest BCUT2D eigenvalue weighted by Crippen LogP contribution is 2.18. The molecule has 0 radical (unpaired) electrons. The molecule has 0 aliphatic carbocycles. The van der Waals surface area contributed by atoms with Crippen molar-refractivity contribution in [3.8, 4) is 11.4 Å². The van der Waals surface area contributed by atoms with E-state index in [1.54, 1.807) is 24.3 Å². The van der Waals surface area contributed by atoms with E-state index in [4.69, 9.17) is 21.9 Å². The number of nitrogens with two attached hydrogens (primary N) is 1. The van der Waals surface area contributed by atoms with Gasteiger partial charge in [0.2, 0.25) is 23.5 Å². The number of benzene rings is 1. The van der Waals surface area contributed by atoms with Gasteiger partial charge in [-0.25, -0.2) is 0 Å². The molecule has 1 atom stereocenters. The molecule has 0 aliphatic rings. The number of carbonyl (C=O) groups excluding carboxylic acids is 2. The molecule has 2 aromatic rings. The van der Waals surface area contributed by atoms with Crippen molar-refractivity contribution in [3.63, 3.8) is 0 Å². The van der Waals surface area contributed by atoms with E-state index < -0.39 is 6.04 Å². The topological polar surface area (TPSA) is 123 Å². The number of amides is 2. The summed E-state index contributed by atoms with van der Waals surface area (Å²) < 4.78 is 5.08. The lowest BCUT2D eigenvalue weighted by atomic mass is 10.1. The van der Waals surface area contributed by atoms with Crippen LogP contribution >= 0.6 is 24.0 Å². The normalized spacial score (nSPS) is 11.6. The van der Waals surface area contributed by atoms with Crippen molar-refractivity contribution >= 4 is 35.8 Å². The maximum atomic E-state index is 11.8. The predicted octanol–water partition coefficient (Wildman–Crippen LogP) is 1.53. The number of hydrogen-bond donors (Lipinski definition) is 3. The number of rotatable bonds is 7. The van der Waals surface area contributed by atoms with Gasteiger partial charge in [-0.05, 0) is 30.2 Å². The molecule has 1 aromatic heterocycles. The monoisotopic (exact) mass is 401 g/mol. The third-order valence-corrected chi connectivity index (χ3v) is 3.70. The van der Waals surface area contributed by atoms with Gasteiger partial charge in [-0.15, -0.1) is 12.4 Å². The Morgan fingerprint density at radius 2 is 1.88 bits per heavy atom. The van der Waals surface area contributed by atoms with Gasteiger partial charge >= 0.3 is 0 Å². The zero-order valence-corrected chi connectivity index (χ0v) is 15.9. The number of carbonyl (C=O) groups is 2. The van der Waals surface area contributed by atoms with E-state index in [1.807, 2.05) is 13.8 Å². The van der Waals surface area contributed by atoms with E-state index in [1.165, 1.54) is 0 Å². The Balaban J connectivity index is 0.00000338. The summed E-state index contributed by atoms with van der Waals surface area (Å²) >= 11 is 5.83. The highest BCUT2D eigenvalue weighted by molar-refractivity contribution is 6.30. The summed E-state index contributed by atoms with van der Waals surface area (Å²) in [7, 11) is 0. The Hall–Kier alpha value is -2.16. The van der Waals surface area contributed by atoms with Crippen molar-refractivity contribution in [1.82, 2.24) is 20.8 Å². The molecule has 0 bridgehead atoms. The number of halogens is 2. The van der Waals surface area contributed by atoms with Crippen molar-refractivity contribution in [2.45, 2.75) is 26.4 Å². The standard InChI is InChI=1S/C16H20ClN5O3.ClH/c1-9(2)14(18)16(24)20-7-12(23)19-8-13-21-15(22-25-13)10-3-5-11(17)6-4-10;/h3-6,9,14H,7-8,18H2,1-2H3,(H,19,23)(H,20,24);1H/t14-;/m0./s1. The van der Waals surface area contributed by atoms with Gasteiger partial charge < -0.3 is 20.9 Å². The molecule has 0 saturated carbocycles. The second-order valence-corrected chi connectivity index (χ2v) is 6.22. The molecule has 4 N–H and O–H groups in total. The van der Waals surface area contributed by atoms with E-state index in [0.29, 0.717) is 10.8 Å². The molecule has 1 heterocycles. The predicted molar refractivity (Wildman–Crippen MR) is 99.7 cm³/mol. The summed E-state index contributed by atoms with van der Waals surface area (Å²) in [6, 6.07) is 6.33.